The lowest BCUT2D eigenvalue weighted by atomic mass is 10.3. The van der Waals surface area contributed by atoms with Crippen LogP contribution in [0.2, 0.25) is 0 Å². The maximum Gasteiger partial charge on any atom is 0.0809 e. The van der Waals surface area contributed by atoms with Crippen molar-refractivity contribution in [3.8, 4) is 0 Å². The van der Waals surface area contributed by atoms with Gasteiger partial charge in [-0.05, 0) is 17.9 Å². The highest BCUT2D eigenvalue weighted by atomic mass is 127. The summed E-state index contributed by atoms with van der Waals surface area (Å²) in [5, 5.41) is 1.22. The highest BCUT2D eigenvalue weighted by Crippen LogP contribution is 2.18. The number of rotatable bonds is 1. The first-order valence-electron chi connectivity index (χ1n) is 3.86. The molecule has 0 saturated heterocycles. The molecule has 1 heterocycles. The molecule has 0 radical (unpaired) electrons. The van der Waals surface area contributed by atoms with Gasteiger partial charge < -0.3 is 0 Å². The Hall–Kier alpha value is 0.1000. The summed E-state index contributed by atoms with van der Waals surface area (Å²) >= 11 is 0. The minimum atomic E-state index is 0. The quantitative estimate of drug-likeness (QED) is 0.557. The van der Waals surface area contributed by atoms with Crippen molar-refractivity contribution >= 4 is 34.5 Å². The number of fused-ring (bicyclic) bond motifs is 1. The van der Waals surface area contributed by atoms with E-state index in [-0.39, 0.29) is 24.0 Å². The topological polar surface area (TPSA) is 12.4 Å². The molecule has 0 N–H and O–H groups in total. The van der Waals surface area contributed by atoms with Crippen LogP contribution >= 0.6 is 34.5 Å². The molecule has 1 nitrogen and oxygen atoms in total. The summed E-state index contributed by atoms with van der Waals surface area (Å²) in [6, 6.07) is 8.48. The first-order valence-corrected chi connectivity index (χ1v) is 5.42. The van der Waals surface area contributed by atoms with Gasteiger partial charge in [0.05, 0.1) is 11.2 Å². The molecule has 1 aromatic rings. The molecule has 1 unspecified atom stereocenters. The summed E-state index contributed by atoms with van der Waals surface area (Å²) in [5.74, 6) is 2.26. The summed E-state index contributed by atoms with van der Waals surface area (Å²) in [5.41, 5.74) is 0. The maximum absolute atomic E-state index is 4.46. The van der Waals surface area contributed by atoms with Gasteiger partial charge in [0.25, 0.3) is 0 Å². The van der Waals surface area contributed by atoms with Crippen molar-refractivity contribution in [1.29, 1.82) is 0 Å². The molecule has 12 heavy (non-hydrogen) atoms. The van der Waals surface area contributed by atoms with Crippen LogP contribution in [0.25, 0.3) is 0 Å². The standard InChI is InChI=1S/C9H11NS.HI/c1-2-11-7-10-8-5-3-4-6-9(8)11;/h3-6H,2,7H2,1H3;1H. The van der Waals surface area contributed by atoms with Crippen molar-refractivity contribution in [2.24, 2.45) is 4.99 Å². The van der Waals surface area contributed by atoms with Gasteiger partial charge in [-0.3, -0.25) is 4.99 Å². The van der Waals surface area contributed by atoms with Crippen molar-refractivity contribution in [3.63, 3.8) is 0 Å². The first-order chi connectivity index (χ1) is 5.42. The van der Waals surface area contributed by atoms with Gasteiger partial charge in [0, 0.05) is 4.51 Å². The summed E-state index contributed by atoms with van der Waals surface area (Å²) in [4.78, 5) is 4.46. The highest BCUT2D eigenvalue weighted by molar-refractivity contribution is 14.0. The fraction of sp³-hybridized carbons (Fsp3) is 0.333. The van der Waals surface area contributed by atoms with Crippen LogP contribution in [0.4, 0.5) is 0 Å². The smallest absolute Gasteiger partial charge is 0.0809 e. The van der Waals surface area contributed by atoms with E-state index in [0.717, 1.165) is 5.88 Å². The number of nitrogens with zero attached hydrogens (tertiary/aromatic N) is 1. The Morgan fingerprint density at radius 3 is 2.92 bits per heavy atom. The second-order valence-electron chi connectivity index (χ2n) is 2.54. The van der Waals surface area contributed by atoms with E-state index in [1.54, 1.807) is 0 Å². The third-order valence-corrected chi connectivity index (χ3v) is 4.02. The molecule has 0 fully saturated rings. The molecule has 1 atom stereocenters. The normalized spacial score (nSPS) is 19.2. The second-order valence-corrected chi connectivity index (χ2v) is 4.80. The first kappa shape index (κ1) is 10.2. The molecule has 1 aliphatic heterocycles. The van der Waals surface area contributed by atoms with Gasteiger partial charge >= 0.3 is 0 Å². The summed E-state index contributed by atoms with van der Waals surface area (Å²) in [6.07, 6.45) is 0. The Balaban J connectivity index is 0.000000720. The number of halogens is 1. The summed E-state index contributed by atoms with van der Waals surface area (Å²) in [7, 11) is 0.424. The number of benzene rings is 1. The molecule has 1 aromatic carbocycles. The molecule has 0 aromatic heterocycles. The van der Waals surface area contributed by atoms with Crippen LogP contribution in [0.15, 0.2) is 29.3 Å². The maximum atomic E-state index is 4.46. The fourth-order valence-corrected chi connectivity index (χ4v) is 2.92. The van der Waals surface area contributed by atoms with Crippen LogP contribution in [-0.2, 0) is 0 Å². The third kappa shape index (κ3) is 1.71. The number of para-hydroxylation sites is 1. The molecule has 3 heteroatoms. The average molecular weight is 293 g/mol. The molecule has 1 aliphatic rings. The summed E-state index contributed by atoms with van der Waals surface area (Å²) < 4.78 is 1.47. The van der Waals surface area contributed by atoms with E-state index in [2.05, 4.69) is 36.2 Å². The Kier molecular flexibility index (Phi) is 3.71. The molecule has 2 rings (SSSR count). The van der Waals surface area contributed by atoms with Gasteiger partial charge in [-0.1, -0.05) is 19.1 Å². The minimum absolute atomic E-state index is 0. The molecule has 66 valence electrons. The van der Waals surface area contributed by atoms with E-state index in [9.17, 15) is 0 Å². The lowest BCUT2D eigenvalue weighted by Gasteiger charge is -1.94. The predicted octanol–water partition coefficient (Wildman–Crippen LogP) is 2.43. The Morgan fingerprint density at radius 2 is 2.17 bits per heavy atom. The van der Waals surface area contributed by atoms with E-state index < -0.39 is 0 Å². The number of hydrogen-bond acceptors (Lipinski definition) is 1. The molecule has 0 aliphatic carbocycles. The monoisotopic (exact) mass is 293 g/mol. The van der Waals surface area contributed by atoms with Crippen molar-refractivity contribution in [2.45, 2.75) is 6.92 Å². The van der Waals surface area contributed by atoms with Gasteiger partial charge in [0.1, 0.15) is 0 Å². The molecule has 0 saturated carbocycles. The Labute approximate surface area is 91.9 Å². The highest BCUT2D eigenvalue weighted by Gasteiger charge is 2.00. The van der Waals surface area contributed by atoms with Crippen LogP contribution in [-0.4, -0.2) is 11.6 Å². The van der Waals surface area contributed by atoms with Crippen LogP contribution in [0.1, 0.15) is 6.92 Å². The van der Waals surface area contributed by atoms with E-state index in [1.165, 1.54) is 15.6 Å². The minimum Gasteiger partial charge on any atom is -0.274 e. The van der Waals surface area contributed by atoms with Gasteiger partial charge in [0.2, 0.25) is 0 Å². The lowest BCUT2D eigenvalue weighted by Crippen LogP contribution is -1.96. The van der Waals surface area contributed by atoms with Crippen molar-refractivity contribution in [1.82, 2.24) is 0 Å². The predicted molar refractivity (Wildman–Crippen MR) is 64.8 cm³/mol. The Morgan fingerprint density at radius 1 is 1.42 bits per heavy atom. The molecule has 0 spiro atoms. The van der Waals surface area contributed by atoms with Crippen LogP contribution in [0.3, 0.4) is 0 Å². The van der Waals surface area contributed by atoms with Gasteiger partial charge in [-0.2, -0.15) is 10.5 Å². The van der Waals surface area contributed by atoms with Crippen LogP contribution in [0.5, 0.6) is 0 Å². The van der Waals surface area contributed by atoms with Crippen LogP contribution < -0.4 is 5.36 Å². The lowest BCUT2D eigenvalue weighted by molar-refractivity contribution is 1.25. The molecular formula is C9H12INS. The fourth-order valence-electron chi connectivity index (χ4n) is 1.30. The molecular weight excluding hydrogens is 281 g/mol. The third-order valence-electron chi connectivity index (χ3n) is 1.92. The van der Waals surface area contributed by atoms with Gasteiger partial charge in [0.15, 0.2) is 0 Å². The summed E-state index contributed by atoms with van der Waals surface area (Å²) in [6.45, 7) is 2.24. The molecule has 0 amide bonds. The van der Waals surface area contributed by atoms with E-state index in [1.807, 2.05) is 0 Å². The van der Waals surface area contributed by atoms with Crippen molar-refractivity contribution in [3.05, 3.63) is 34.1 Å². The van der Waals surface area contributed by atoms with Crippen LogP contribution in [0, 0.1) is 4.51 Å². The van der Waals surface area contributed by atoms with Crippen molar-refractivity contribution < 1.29 is 0 Å². The van der Waals surface area contributed by atoms with Gasteiger partial charge in [-0.15, -0.1) is 24.0 Å². The SMILES string of the molecule is CCS1=c2ccccc2=NC1.I. The van der Waals surface area contributed by atoms with E-state index in [0.29, 0.717) is 10.5 Å². The molecule has 0 bridgehead atoms. The van der Waals surface area contributed by atoms with E-state index in [4.69, 9.17) is 0 Å². The largest absolute Gasteiger partial charge is 0.274 e. The average Bonchev–Trinajstić information content (AvgIpc) is 2.47. The van der Waals surface area contributed by atoms with E-state index >= 15 is 0 Å². The Bertz CT molecular complexity index is 386. The zero-order chi connectivity index (χ0) is 7.68. The second kappa shape index (κ2) is 4.37. The van der Waals surface area contributed by atoms with Gasteiger partial charge in [-0.25, -0.2) is 0 Å². The number of hydrogen-bond donors (Lipinski definition) is 0. The zero-order valence-corrected chi connectivity index (χ0v) is 10.1. The zero-order valence-electron chi connectivity index (χ0n) is 6.99. The van der Waals surface area contributed by atoms with Crippen molar-refractivity contribution in [2.75, 3.05) is 11.6 Å².